The number of ether oxygens (including phenoxy) is 1. The number of carbonyl (C=O) groups excluding carboxylic acids is 1. The molecule has 0 saturated heterocycles. The van der Waals surface area contributed by atoms with Gasteiger partial charge in [0.05, 0.1) is 0 Å². The largest absolute Gasteiger partial charge is 0.385 e. The molecule has 0 saturated carbocycles. The maximum absolute atomic E-state index is 12.3. The molecule has 120 valence electrons. The third-order valence-corrected chi connectivity index (χ3v) is 3.95. The van der Waals surface area contributed by atoms with E-state index in [-0.39, 0.29) is 28.6 Å². The molecule has 1 atom stereocenters. The molecule has 1 heterocycles. The quantitative estimate of drug-likeness (QED) is 0.778. The van der Waals surface area contributed by atoms with Gasteiger partial charge in [-0.15, -0.1) is 0 Å². The number of amides is 1. The van der Waals surface area contributed by atoms with E-state index >= 15 is 0 Å². The average Bonchev–Trinajstić information content (AvgIpc) is 2.81. The van der Waals surface area contributed by atoms with Crippen molar-refractivity contribution < 1.29 is 17.9 Å². The van der Waals surface area contributed by atoms with E-state index in [1.807, 2.05) is 20.8 Å². The van der Waals surface area contributed by atoms with Gasteiger partial charge in [-0.1, -0.05) is 0 Å². The highest BCUT2D eigenvalue weighted by atomic mass is 32.2. The number of nitrogens with two attached hydrogens (primary N) is 1. The molecule has 3 N–H and O–H groups in total. The van der Waals surface area contributed by atoms with Crippen LogP contribution in [-0.4, -0.2) is 38.7 Å². The topological polar surface area (TPSA) is 103 Å². The predicted molar refractivity (Wildman–Crippen MR) is 79.6 cm³/mol. The van der Waals surface area contributed by atoms with Crippen LogP contribution >= 0.6 is 0 Å². The molecule has 0 bridgehead atoms. The van der Waals surface area contributed by atoms with Gasteiger partial charge in [0.1, 0.15) is 10.6 Å². The Bertz CT molecular complexity index is 593. The monoisotopic (exact) mass is 317 g/mol. The van der Waals surface area contributed by atoms with Crippen molar-refractivity contribution in [3.8, 4) is 0 Å². The van der Waals surface area contributed by atoms with E-state index in [1.165, 1.54) is 12.3 Å². The molecule has 1 aromatic heterocycles. The molecule has 21 heavy (non-hydrogen) atoms. The molecule has 0 aliphatic carbocycles. The second kappa shape index (κ2) is 7.06. The zero-order valence-electron chi connectivity index (χ0n) is 12.8. The molecule has 0 aliphatic rings. The summed E-state index contributed by atoms with van der Waals surface area (Å²) < 4.78 is 29.4. The summed E-state index contributed by atoms with van der Waals surface area (Å²) in [6.07, 6.45) is 2.06. The number of hydrogen-bond acceptors (Lipinski definition) is 4. The van der Waals surface area contributed by atoms with Crippen molar-refractivity contribution in [2.75, 3.05) is 13.7 Å². The van der Waals surface area contributed by atoms with Gasteiger partial charge in [-0.2, -0.15) is 0 Å². The van der Waals surface area contributed by atoms with Gasteiger partial charge in [0, 0.05) is 32.0 Å². The SMILES string of the molecule is COCCC(C)NC(=O)c1cc(S(N)(=O)=O)cn1C(C)C. The number of aromatic nitrogens is 1. The van der Waals surface area contributed by atoms with Crippen LogP contribution in [0.3, 0.4) is 0 Å². The lowest BCUT2D eigenvalue weighted by Gasteiger charge is -2.16. The number of primary sulfonamides is 1. The summed E-state index contributed by atoms with van der Waals surface area (Å²) in [5.41, 5.74) is 0.276. The van der Waals surface area contributed by atoms with Gasteiger partial charge in [-0.05, 0) is 33.3 Å². The van der Waals surface area contributed by atoms with Gasteiger partial charge in [0.2, 0.25) is 10.0 Å². The first kappa shape index (κ1) is 17.7. The number of nitrogens with one attached hydrogen (secondary N) is 1. The van der Waals surface area contributed by atoms with E-state index in [1.54, 1.807) is 11.7 Å². The van der Waals surface area contributed by atoms with Crippen LogP contribution < -0.4 is 10.5 Å². The van der Waals surface area contributed by atoms with Crippen LogP contribution in [0.5, 0.6) is 0 Å². The molecule has 7 nitrogen and oxygen atoms in total. The van der Waals surface area contributed by atoms with Crippen molar-refractivity contribution in [3.63, 3.8) is 0 Å². The highest BCUT2D eigenvalue weighted by Gasteiger charge is 2.21. The molecular formula is C13H23N3O4S. The average molecular weight is 317 g/mol. The van der Waals surface area contributed by atoms with Gasteiger partial charge < -0.3 is 14.6 Å². The van der Waals surface area contributed by atoms with Gasteiger partial charge in [0.25, 0.3) is 5.91 Å². The molecule has 0 aromatic carbocycles. The molecule has 0 aliphatic heterocycles. The van der Waals surface area contributed by atoms with Gasteiger partial charge >= 0.3 is 0 Å². The van der Waals surface area contributed by atoms with Crippen LogP contribution in [-0.2, 0) is 14.8 Å². The first-order chi connectivity index (χ1) is 9.66. The van der Waals surface area contributed by atoms with Crippen molar-refractivity contribution in [1.82, 2.24) is 9.88 Å². The summed E-state index contributed by atoms with van der Waals surface area (Å²) in [5.74, 6) is -0.331. The number of methoxy groups -OCH3 is 1. The third kappa shape index (κ3) is 4.83. The summed E-state index contributed by atoms with van der Waals surface area (Å²) in [5, 5.41) is 7.93. The lowest BCUT2D eigenvalue weighted by atomic mass is 10.2. The van der Waals surface area contributed by atoms with Crippen LogP contribution in [0.15, 0.2) is 17.2 Å². The number of sulfonamides is 1. The summed E-state index contributed by atoms with van der Waals surface area (Å²) >= 11 is 0. The second-order valence-electron chi connectivity index (χ2n) is 5.26. The normalized spacial score (nSPS) is 13.4. The Morgan fingerprint density at radius 2 is 2.05 bits per heavy atom. The highest BCUT2D eigenvalue weighted by molar-refractivity contribution is 7.89. The first-order valence-electron chi connectivity index (χ1n) is 6.71. The fourth-order valence-electron chi connectivity index (χ4n) is 1.88. The van der Waals surface area contributed by atoms with Crippen LogP contribution in [0.2, 0.25) is 0 Å². The van der Waals surface area contributed by atoms with Crippen molar-refractivity contribution in [2.24, 2.45) is 5.14 Å². The van der Waals surface area contributed by atoms with Crippen molar-refractivity contribution >= 4 is 15.9 Å². The molecule has 0 fully saturated rings. The molecule has 1 unspecified atom stereocenters. The van der Waals surface area contributed by atoms with Crippen molar-refractivity contribution in [2.45, 2.75) is 44.2 Å². The molecule has 0 spiro atoms. The Morgan fingerprint density at radius 3 is 2.52 bits per heavy atom. The number of rotatable bonds is 7. The Balaban J connectivity index is 3.00. The standard InChI is InChI=1S/C13H23N3O4S/c1-9(2)16-8-11(21(14,18)19)7-12(16)13(17)15-10(3)5-6-20-4/h7-10H,5-6H2,1-4H3,(H,15,17)(H2,14,18,19). The van der Waals surface area contributed by atoms with E-state index in [4.69, 9.17) is 9.88 Å². The Labute approximate surface area is 125 Å². The van der Waals surface area contributed by atoms with E-state index in [2.05, 4.69) is 5.32 Å². The fraction of sp³-hybridized carbons (Fsp3) is 0.615. The molecule has 8 heteroatoms. The van der Waals surface area contributed by atoms with Crippen LogP contribution in [0, 0.1) is 0 Å². The first-order valence-corrected chi connectivity index (χ1v) is 8.26. The minimum Gasteiger partial charge on any atom is -0.385 e. The van der Waals surface area contributed by atoms with Crippen LogP contribution in [0.1, 0.15) is 43.7 Å². The molecular weight excluding hydrogens is 294 g/mol. The third-order valence-electron chi connectivity index (χ3n) is 3.07. The summed E-state index contributed by atoms with van der Waals surface area (Å²) in [4.78, 5) is 12.2. The van der Waals surface area contributed by atoms with E-state index in [0.717, 1.165) is 0 Å². The minimum absolute atomic E-state index is 0.0597. The Kier molecular flexibility index (Phi) is 5.94. The maximum atomic E-state index is 12.3. The lowest BCUT2D eigenvalue weighted by Crippen LogP contribution is -2.34. The van der Waals surface area contributed by atoms with Crippen LogP contribution in [0.4, 0.5) is 0 Å². The second-order valence-corrected chi connectivity index (χ2v) is 6.82. The molecule has 1 aromatic rings. The Hall–Kier alpha value is -1.38. The van der Waals surface area contributed by atoms with E-state index < -0.39 is 10.0 Å². The molecule has 1 rings (SSSR count). The number of nitrogens with zero attached hydrogens (tertiary/aromatic N) is 1. The van der Waals surface area contributed by atoms with E-state index in [9.17, 15) is 13.2 Å². The van der Waals surface area contributed by atoms with E-state index in [0.29, 0.717) is 13.0 Å². The number of carbonyl (C=O) groups is 1. The zero-order chi connectivity index (χ0) is 16.2. The summed E-state index contributed by atoms with van der Waals surface area (Å²) in [6, 6.07) is 1.16. The van der Waals surface area contributed by atoms with Gasteiger partial charge in [-0.3, -0.25) is 4.79 Å². The lowest BCUT2D eigenvalue weighted by molar-refractivity contribution is 0.0918. The summed E-state index contributed by atoms with van der Waals surface area (Å²) in [6.45, 7) is 6.12. The minimum atomic E-state index is -3.84. The highest BCUT2D eigenvalue weighted by Crippen LogP contribution is 2.18. The Morgan fingerprint density at radius 1 is 1.43 bits per heavy atom. The smallest absolute Gasteiger partial charge is 0.268 e. The maximum Gasteiger partial charge on any atom is 0.268 e. The predicted octanol–water partition coefficient (Wildman–Crippen LogP) is 0.871. The van der Waals surface area contributed by atoms with Crippen LogP contribution in [0.25, 0.3) is 0 Å². The van der Waals surface area contributed by atoms with Crippen molar-refractivity contribution in [1.29, 1.82) is 0 Å². The molecule has 0 radical (unpaired) electrons. The van der Waals surface area contributed by atoms with Gasteiger partial charge in [0.15, 0.2) is 0 Å². The van der Waals surface area contributed by atoms with Crippen molar-refractivity contribution in [3.05, 3.63) is 18.0 Å². The van der Waals surface area contributed by atoms with Gasteiger partial charge in [-0.25, -0.2) is 13.6 Å². The fourth-order valence-corrected chi connectivity index (χ4v) is 2.42. The number of hydrogen-bond donors (Lipinski definition) is 2. The summed E-state index contributed by atoms with van der Waals surface area (Å²) in [7, 11) is -2.24. The molecule has 1 amide bonds. The zero-order valence-corrected chi connectivity index (χ0v) is 13.6.